The third-order valence-electron chi connectivity index (χ3n) is 4.39. The Balaban J connectivity index is 1.85. The van der Waals surface area contributed by atoms with Crippen molar-refractivity contribution >= 4 is 35.1 Å². The average Bonchev–Trinajstić information content (AvgIpc) is 2.48. The van der Waals surface area contributed by atoms with Crippen molar-refractivity contribution < 1.29 is 14.3 Å². The van der Waals surface area contributed by atoms with Gasteiger partial charge in [0.05, 0.1) is 5.56 Å². The maximum absolute atomic E-state index is 12.0. The van der Waals surface area contributed by atoms with Crippen molar-refractivity contribution in [1.82, 2.24) is 10.3 Å². The van der Waals surface area contributed by atoms with Gasteiger partial charge in [-0.1, -0.05) is 49.9 Å². The number of ether oxygens (including phenoxy) is 1. The van der Waals surface area contributed by atoms with E-state index in [-0.39, 0.29) is 34.4 Å². The van der Waals surface area contributed by atoms with Gasteiger partial charge in [0.15, 0.2) is 6.61 Å². The summed E-state index contributed by atoms with van der Waals surface area (Å²) in [6, 6.07) is 2.83. The number of rotatable bonds is 4. The lowest BCUT2D eigenvalue weighted by Gasteiger charge is -2.34. The summed E-state index contributed by atoms with van der Waals surface area (Å²) in [4.78, 5) is 27.6. The molecule has 1 amide bonds. The molecule has 1 heterocycles. The smallest absolute Gasteiger partial charge is 0.338 e. The van der Waals surface area contributed by atoms with Crippen molar-refractivity contribution in [2.24, 2.45) is 11.8 Å². The van der Waals surface area contributed by atoms with Crippen LogP contribution in [0.3, 0.4) is 0 Å². The number of carbonyl (C=O) groups excluding carboxylic acids is 2. The molecule has 1 saturated carbocycles. The van der Waals surface area contributed by atoms with Crippen LogP contribution >= 0.6 is 23.2 Å². The predicted octanol–water partition coefficient (Wildman–Crippen LogP) is 3.49. The second-order valence-corrected chi connectivity index (χ2v) is 6.79. The summed E-state index contributed by atoms with van der Waals surface area (Å²) in [6.07, 6.45) is 3.25. The number of pyridine rings is 1. The van der Waals surface area contributed by atoms with Crippen molar-refractivity contribution in [3.8, 4) is 0 Å². The SMILES string of the molecule is C[C@H]1[C@@H](C)CCC[C@H]1NC(=O)COC(=O)c1cc(Cl)nc(Cl)c1. The van der Waals surface area contributed by atoms with E-state index in [1.165, 1.54) is 18.6 Å². The highest BCUT2D eigenvalue weighted by Crippen LogP contribution is 2.29. The molecule has 0 radical (unpaired) electrons. The van der Waals surface area contributed by atoms with Crippen molar-refractivity contribution in [3.05, 3.63) is 28.0 Å². The van der Waals surface area contributed by atoms with Gasteiger partial charge in [0.2, 0.25) is 0 Å². The number of amides is 1. The summed E-state index contributed by atoms with van der Waals surface area (Å²) in [5.74, 6) is 0.0471. The number of esters is 1. The van der Waals surface area contributed by atoms with Gasteiger partial charge in [-0.3, -0.25) is 4.79 Å². The van der Waals surface area contributed by atoms with Gasteiger partial charge in [0.1, 0.15) is 10.3 Å². The maximum Gasteiger partial charge on any atom is 0.338 e. The molecule has 0 spiro atoms. The molecular formula is C16H20Cl2N2O3. The fourth-order valence-corrected chi connectivity index (χ4v) is 3.29. The van der Waals surface area contributed by atoms with Crippen LogP contribution in [0.1, 0.15) is 43.5 Å². The van der Waals surface area contributed by atoms with Gasteiger partial charge in [-0.05, 0) is 30.4 Å². The van der Waals surface area contributed by atoms with Crippen LogP contribution in [0.4, 0.5) is 0 Å². The Morgan fingerprint density at radius 2 is 1.91 bits per heavy atom. The Labute approximate surface area is 145 Å². The quantitative estimate of drug-likeness (QED) is 0.660. The molecule has 5 nitrogen and oxygen atoms in total. The second-order valence-electron chi connectivity index (χ2n) is 6.02. The van der Waals surface area contributed by atoms with Crippen LogP contribution in [-0.4, -0.2) is 29.5 Å². The van der Waals surface area contributed by atoms with Crippen LogP contribution in [0.5, 0.6) is 0 Å². The minimum Gasteiger partial charge on any atom is -0.452 e. The summed E-state index contributed by atoms with van der Waals surface area (Å²) in [7, 11) is 0. The van der Waals surface area contributed by atoms with Crippen LogP contribution in [0.25, 0.3) is 0 Å². The largest absolute Gasteiger partial charge is 0.452 e. The highest BCUT2D eigenvalue weighted by atomic mass is 35.5. The maximum atomic E-state index is 12.0. The number of hydrogen-bond donors (Lipinski definition) is 1. The summed E-state index contributed by atoms with van der Waals surface area (Å²) in [6.45, 7) is 4.01. The zero-order valence-corrected chi connectivity index (χ0v) is 14.7. The fourth-order valence-electron chi connectivity index (χ4n) is 2.83. The number of aromatic nitrogens is 1. The highest BCUT2D eigenvalue weighted by molar-refractivity contribution is 6.32. The van der Waals surface area contributed by atoms with E-state index in [4.69, 9.17) is 27.9 Å². The fraction of sp³-hybridized carbons (Fsp3) is 0.562. The van der Waals surface area contributed by atoms with Crippen LogP contribution in [-0.2, 0) is 9.53 Å². The normalized spacial score (nSPS) is 24.1. The molecule has 0 aromatic carbocycles. The van der Waals surface area contributed by atoms with Gasteiger partial charge in [-0.15, -0.1) is 0 Å². The molecule has 1 fully saturated rings. The average molecular weight is 359 g/mol. The molecule has 23 heavy (non-hydrogen) atoms. The van der Waals surface area contributed by atoms with E-state index in [9.17, 15) is 9.59 Å². The van der Waals surface area contributed by atoms with Crippen LogP contribution in [0, 0.1) is 11.8 Å². The van der Waals surface area contributed by atoms with E-state index in [1.54, 1.807) is 0 Å². The zero-order valence-electron chi connectivity index (χ0n) is 13.1. The monoisotopic (exact) mass is 358 g/mol. The summed E-state index contributed by atoms with van der Waals surface area (Å²) >= 11 is 11.5. The molecular weight excluding hydrogens is 339 g/mol. The summed E-state index contributed by atoms with van der Waals surface area (Å²) < 4.78 is 5.01. The Hall–Kier alpha value is -1.33. The van der Waals surface area contributed by atoms with E-state index < -0.39 is 5.97 Å². The molecule has 1 aromatic heterocycles. The third-order valence-corrected chi connectivity index (χ3v) is 4.77. The number of nitrogens with zero attached hydrogens (tertiary/aromatic N) is 1. The first-order valence-corrected chi connectivity index (χ1v) is 8.42. The molecule has 1 aromatic rings. The molecule has 3 atom stereocenters. The van der Waals surface area contributed by atoms with Gasteiger partial charge < -0.3 is 10.1 Å². The first-order chi connectivity index (χ1) is 10.9. The molecule has 0 saturated heterocycles. The van der Waals surface area contributed by atoms with Crippen LogP contribution in [0.2, 0.25) is 10.3 Å². The topological polar surface area (TPSA) is 68.3 Å². The lowest BCUT2D eigenvalue weighted by Crippen LogP contribution is -2.45. The first-order valence-electron chi connectivity index (χ1n) is 7.66. The van der Waals surface area contributed by atoms with Crippen molar-refractivity contribution in [1.29, 1.82) is 0 Å². The highest BCUT2D eigenvalue weighted by Gasteiger charge is 2.28. The van der Waals surface area contributed by atoms with Crippen LogP contribution in [0.15, 0.2) is 12.1 Å². The van der Waals surface area contributed by atoms with Gasteiger partial charge in [0, 0.05) is 6.04 Å². The number of nitrogens with one attached hydrogen (secondary N) is 1. The minimum atomic E-state index is -0.656. The van der Waals surface area contributed by atoms with E-state index in [2.05, 4.69) is 24.1 Å². The molecule has 0 bridgehead atoms. The summed E-state index contributed by atoms with van der Waals surface area (Å²) in [5, 5.41) is 3.14. The standard InChI is InChI=1S/C16H20Cl2N2O3/c1-9-4-3-5-12(10(9)2)19-15(21)8-23-16(22)11-6-13(17)20-14(18)7-11/h6-7,9-10,12H,3-5,8H2,1-2H3,(H,19,21)/t9-,10-,12+/m0/s1. The Morgan fingerprint density at radius 3 is 2.57 bits per heavy atom. The van der Waals surface area contributed by atoms with E-state index in [0.29, 0.717) is 11.8 Å². The summed E-state index contributed by atoms with van der Waals surface area (Å²) in [5.41, 5.74) is 0.169. The molecule has 1 aliphatic carbocycles. The molecule has 2 rings (SSSR count). The molecule has 0 unspecified atom stereocenters. The van der Waals surface area contributed by atoms with Crippen molar-refractivity contribution in [2.45, 2.75) is 39.2 Å². The van der Waals surface area contributed by atoms with Crippen LogP contribution < -0.4 is 5.32 Å². The number of halogens is 2. The van der Waals surface area contributed by atoms with Gasteiger partial charge >= 0.3 is 5.97 Å². The first kappa shape index (κ1) is 18.0. The Bertz CT molecular complexity index is 574. The molecule has 0 aliphatic heterocycles. The van der Waals surface area contributed by atoms with Crippen molar-refractivity contribution in [3.63, 3.8) is 0 Å². The third kappa shape index (κ3) is 5.08. The van der Waals surface area contributed by atoms with E-state index in [1.807, 2.05) is 0 Å². The van der Waals surface area contributed by atoms with Gasteiger partial charge in [-0.2, -0.15) is 0 Å². The lowest BCUT2D eigenvalue weighted by molar-refractivity contribution is -0.125. The minimum absolute atomic E-state index is 0.0962. The number of carbonyl (C=O) groups is 2. The molecule has 1 N–H and O–H groups in total. The van der Waals surface area contributed by atoms with E-state index in [0.717, 1.165) is 12.8 Å². The van der Waals surface area contributed by atoms with Gasteiger partial charge in [0.25, 0.3) is 5.91 Å². The second kappa shape index (κ2) is 7.97. The zero-order chi connectivity index (χ0) is 17.0. The number of hydrogen-bond acceptors (Lipinski definition) is 4. The van der Waals surface area contributed by atoms with E-state index >= 15 is 0 Å². The molecule has 126 valence electrons. The van der Waals surface area contributed by atoms with Gasteiger partial charge in [-0.25, -0.2) is 9.78 Å². The van der Waals surface area contributed by atoms with Crippen molar-refractivity contribution in [2.75, 3.05) is 6.61 Å². The Morgan fingerprint density at radius 1 is 1.26 bits per heavy atom. The lowest BCUT2D eigenvalue weighted by atomic mass is 9.78. The molecule has 7 heteroatoms. The predicted molar refractivity (Wildman–Crippen MR) is 88.6 cm³/mol. The Kier molecular flexibility index (Phi) is 6.25. The molecule has 1 aliphatic rings.